The van der Waals surface area contributed by atoms with Gasteiger partial charge < -0.3 is 9.32 Å². The van der Waals surface area contributed by atoms with E-state index in [1.54, 1.807) is 6.07 Å². The molecule has 0 amide bonds. The molecule has 0 unspecified atom stereocenters. The summed E-state index contributed by atoms with van der Waals surface area (Å²) in [6, 6.07) is 9.50. The molecule has 0 saturated carbocycles. The van der Waals surface area contributed by atoms with Crippen molar-refractivity contribution in [1.82, 2.24) is 0 Å². The van der Waals surface area contributed by atoms with E-state index in [1.165, 1.54) is 0 Å². The highest BCUT2D eigenvalue weighted by Crippen LogP contribution is 2.19. The Morgan fingerprint density at radius 2 is 1.76 bits per heavy atom. The number of nitrogens with two attached hydrogens (primary N) is 1. The molecule has 0 radical (unpaired) electrons. The maximum atomic E-state index is 8.82. The molecule has 0 fully saturated rings. The van der Waals surface area contributed by atoms with Crippen molar-refractivity contribution in [1.29, 1.82) is 5.26 Å². The van der Waals surface area contributed by atoms with Crippen molar-refractivity contribution < 1.29 is 38.7 Å². The number of fused-ring (bicyclic) bond motifs is 1. The van der Waals surface area contributed by atoms with Crippen molar-refractivity contribution in [2.45, 2.75) is 0 Å². The monoisotopic (exact) mass is 313 g/mol. The van der Waals surface area contributed by atoms with Crippen LogP contribution in [0.15, 0.2) is 28.7 Å². The summed E-state index contributed by atoms with van der Waals surface area (Å²) in [7, 11) is -1.04. The molecular weight excluding hydrogens is 302 g/mol. The summed E-state index contributed by atoms with van der Waals surface area (Å²) >= 11 is 0. The van der Waals surface area contributed by atoms with Crippen molar-refractivity contribution in [2.24, 2.45) is 0 Å². The highest BCUT2D eigenvalue weighted by atomic mass is 35.7. The van der Waals surface area contributed by atoms with Crippen molar-refractivity contribution in [3.8, 4) is 6.07 Å². The van der Waals surface area contributed by atoms with Crippen LogP contribution >= 0.6 is 0 Å². The van der Waals surface area contributed by atoms with Gasteiger partial charge >= 0.3 is 5.55 Å². The molecular formula is C12H12ClN3O5. The molecule has 2 N–H and O–H groups in total. The number of anilines is 1. The lowest BCUT2D eigenvalue weighted by molar-refractivity contribution is -2.00. The number of rotatable bonds is 1. The lowest BCUT2D eigenvalue weighted by Gasteiger charge is -2.17. The quantitative estimate of drug-likeness (QED) is 0.553. The van der Waals surface area contributed by atoms with Crippen LogP contribution in [0, 0.1) is 21.6 Å². The van der Waals surface area contributed by atoms with E-state index >= 15 is 0 Å². The summed E-state index contributed by atoms with van der Waals surface area (Å²) in [5, 5.41) is 15.3. The van der Waals surface area contributed by atoms with Gasteiger partial charge in [0.2, 0.25) is 0 Å². The summed E-state index contributed by atoms with van der Waals surface area (Å²) in [5.74, 6) is 0. The van der Waals surface area contributed by atoms with E-state index in [2.05, 4.69) is 0 Å². The fourth-order valence-electron chi connectivity index (χ4n) is 1.50. The Morgan fingerprint density at radius 1 is 1.19 bits per heavy atom. The molecule has 0 aliphatic rings. The van der Waals surface area contributed by atoms with Crippen LogP contribution in [-0.2, 0) is 0 Å². The van der Waals surface area contributed by atoms with Crippen LogP contribution in [0.2, 0.25) is 0 Å². The average molecular weight is 314 g/mol. The predicted molar refractivity (Wildman–Crippen MR) is 60.3 cm³/mol. The van der Waals surface area contributed by atoms with Gasteiger partial charge in [-0.3, -0.25) is 0 Å². The molecule has 2 rings (SSSR count). The first-order chi connectivity index (χ1) is 9.61. The minimum atomic E-state index is -4.94. The first-order valence-corrected chi connectivity index (χ1v) is 6.71. The third-order valence-corrected chi connectivity index (χ3v) is 2.42. The van der Waals surface area contributed by atoms with Gasteiger partial charge in [-0.25, -0.2) is 24.0 Å². The van der Waals surface area contributed by atoms with Gasteiger partial charge in [-0.05, 0) is 18.2 Å². The molecule has 0 bridgehead atoms. The van der Waals surface area contributed by atoms with Gasteiger partial charge in [0, 0.05) is 31.2 Å². The van der Waals surface area contributed by atoms with Gasteiger partial charge in [0.15, 0.2) is 5.56 Å². The molecule has 0 saturated heterocycles. The van der Waals surface area contributed by atoms with E-state index in [4.69, 9.17) is 33.7 Å². The van der Waals surface area contributed by atoms with Crippen LogP contribution in [0.1, 0.15) is 5.56 Å². The Labute approximate surface area is 121 Å². The summed E-state index contributed by atoms with van der Waals surface area (Å²) < 4.78 is 39.4. The number of halogens is 1. The Hall–Kier alpha value is -2.15. The van der Waals surface area contributed by atoms with Gasteiger partial charge in [0.1, 0.15) is 11.7 Å². The fraction of sp³-hybridized carbons (Fsp3) is 0.167. The smallest absolute Gasteiger partial charge is 0.383 e. The largest absolute Gasteiger partial charge is 0.404 e. The van der Waals surface area contributed by atoms with E-state index in [9.17, 15) is 0 Å². The second-order valence-electron chi connectivity index (χ2n) is 4.13. The Kier molecular flexibility index (Phi) is 5.26. The maximum Gasteiger partial charge on any atom is 0.383 e. The lowest BCUT2D eigenvalue weighted by atomic mass is 10.2. The zero-order valence-electron chi connectivity index (χ0n) is 11.2. The number of benzene rings is 1. The Morgan fingerprint density at radius 3 is 2.24 bits per heavy atom. The van der Waals surface area contributed by atoms with Gasteiger partial charge in [-0.1, -0.05) is 0 Å². The van der Waals surface area contributed by atoms with E-state index in [0.717, 1.165) is 11.1 Å². The maximum absolute atomic E-state index is 8.82. The number of hydrogen-bond donors (Lipinski definition) is 1. The van der Waals surface area contributed by atoms with Crippen LogP contribution in [0.4, 0.5) is 5.69 Å². The van der Waals surface area contributed by atoms with Gasteiger partial charge in [-0.2, -0.15) is 5.26 Å². The first-order valence-electron chi connectivity index (χ1n) is 5.47. The molecule has 0 atom stereocenters. The molecule has 8 nitrogen and oxygen atoms in total. The number of nitriles is 1. The standard InChI is InChI=1S/C12H11N3O.ClHO4/c1-15(2)10-4-3-8-5-9(7-13)12(14)16-11(8)6-10;2-1(3,4)5/h3-6,14H,1-2H3;(H,2,3,4,5). The molecule has 2 aromatic rings. The number of nitrogens with zero attached hydrogens (tertiary/aromatic N) is 2. The molecule has 0 spiro atoms. The van der Waals surface area contributed by atoms with E-state index < -0.39 is 10.2 Å². The summed E-state index contributed by atoms with van der Waals surface area (Å²) in [4.78, 5) is 1.98. The van der Waals surface area contributed by atoms with Crippen molar-refractivity contribution in [2.75, 3.05) is 19.0 Å². The minimum absolute atomic E-state index is 0.158. The fourth-order valence-corrected chi connectivity index (χ4v) is 1.50. The summed E-state index contributed by atoms with van der Waals surface area (Å²) in [6.07, 6.45) is 0. The van der Waals surface area contributed by atoms with Crippen LogP contribution in [0.3, 0.4) is 0 Å². The SMILES string of the molecule is CN(C)c1ccc2cc(C#N)c(=[NH2+])oc2c1.[O-][Cl+3]([O-])([O-])[O-]. The second kappa shape index (κ2) is 6.53. The molecule has 1 aromatic heterocycles. The van der Waals surface area contributed by atoms with Crippen LogP contribution in [-0.4, -0.2) is 14.1 Å². The molecule has 0 aliphatic heterocycles. The molecule has 0 aliphatic carbocycles. The van der Waals surface area contributed by atoms with E-state index in [0.29, 0.717) is 11.1 Å². The molecule has 1 aromatic carbocycles. The zero-order valence-corrected chi connectivity index (χ0v) is 12.0. The lowest BCUT2D eigenvalue weighted by Crippen LogP contribution is -2.68. The van der Waals surface area contributed by atoms with Crippen LogP contribution < -0.4 is 34.5 Å². The van der Waals surface area contributed by atoms with Crippen molar-refractivity contribution in [3.63, 3.8) is 0 Å². The summed E-state index contributed by atoms with van der Waals surface area (Å²) in [6.45, 7) is 0. The molecule has 9 heteroatoms. The zero-order chi connectivity index (χ0) is 16.2. The van der Waals surface area contributed by atoms with Gasteiger partial charge in [0.05, 0.1) is 0 Å². The summed E-state index contributed by atoms with van der Waals surface area (Å²) in [5.41, 5.74) is 2.24. The highest BCUT2D eigenvalue weighted by Gasteiger charge is 2.06. The first kappa shape index (κ1) is 16.9. The van der Waals surface area contributed by atoms with E-state index in [-0.39, 0.29) is 5.55 Å². The molecule has 21 heavy (non-hydrogen) atoms. The minimum Gasteiger partial charge on any atom is -0.404 e. The third kappa shape index (κ3) is 5.39. The van der Waals surface area contributed by atoms with Gasteiger partial charge in [-0.15, -0.1) is 10.2 Å². The predicted octanol–water partition coefficient (Wildman–Crippen LogP) is -4.73. The van der Waals surface area contributed by atoms with Crippen molar-refractivity contribution >= 4 is 16.7 Å². The van der Waals surface area contributed by atoms with Crippen LogP contribution in [0.25, 0.3) is 11.0 Å². The Balaban J connectivity index is 0.000000383. The molecule has 112 valence electrons. The topological polar surface area (TPSA) is 158 Å². The second-order valence-corrected chi connectivity index (χ2v) is 4.89. The number of hydrogen-bond acceptors (Lipinski definition) is 7. The molecule has 1 heterocycles. The Bertz CT molecular complexity index is 724. The van der Waals surface area contributed by atoms with E-state index in [1.807, 2.05) is 43.3 Å². The van der Waals surface area contributed by atoms with Gasteiger partial charge in [0.25, 0.3) is 0 Å². The normalized spacial score (nSPS) is 10.5. The van der Waals surface area contributed by atoms with Crippen molar-refractivity contribution in [3.05, 3.63) is 35.4 Å². The highest BCUT2D eigenvalue weighted by molar-refractivity contribution is 5.81. The van der Waals surface area contributed by atoms with Crippen LogP contribution in [0.5, 0.6) is 0 Å². The average Bonchev–Trinajstić information content (AvgIpc) is 2.35. The third-order valence-electron chi connectivity index (χ3n) is 2.42.